The van der Waals surface area contributed by atoms with E-state index >= 15 is 0 Å². The van der Waals surface area contributed by atoms with Gasteiger partial charge in [-0.3, -0.25) is 4.79 Å². The van der Waals surface area contributed by atoms with Gasteiger partial charge in [0.25, 0.3) is 0 Å². The number of carbonyl (C=O) groups excluding carboxylic acids is 1. The molecule has 4 nitrogen and oxygen atoms in total. The fraction of sp³-hybridized carbons (Fsp3) is 0.611. The van der Waals surface area contributed by atoms with Gasteiger partial charge in [0.2, 0.25) is 0 Å². The van der Waals surface area contributed by atoms with E-state index in [1.165, 1.54) is 12.7 Å². The minimum Gasteiger partial charge on any atom is -0.468 e. The Bertz CT molecular complexity index is 476. The summed E-state index contributed by atoms with van der Waals surface area (Å²) in [4.78, 5) is 12.2. The quantitative estimate of drug-likeness (QED) is 0.792. The SMILES string of the molecule is COC(=O)C(N)(CCc1ccccc1)CC1CCCC(O)C1. The van der Waals surface area contributed by atoms with Gasteiger partial charge in [0.05, 0.1) is 13.2 Å². The standard InChI is InChI=1S/C18H27NO3/c1-22-17(21)18(19,11-10-14-6-3-2-4-7-14)13-15-8-5-9-16(20)12-15/h2-4,6-7,15-16,20H,5,8-13,19H2,1H3. The van der Waals surface area contributed by atoms with Crippen LogP contribution in [0, 0.1) is 5.92 Å². The normalized spacial score (nSPS) is 24.5. The average molecular weight is 305 g/mol. The van der Waals surface area contributed by atoms with E-state index in [-0.39, 0.29) is 12.1 Å². The zero-order valence-electron chi connectivity index (χ0n) is 13.3. The second kappa shape index (κ2) is 7.75. The molecule has 0 bridgehead atoms. The van der Waals surface area contributed by atoms with Crippen LogP contribution in [0.2, 0.25) is 0 Å². The van der Waals surface area contributed by atoms with E-state index < -0.39 is 5.54 Å². The van der Waals surface area contributed by atoms with Crippen LogP contribution >= 0.6 is 0 Å². The molecule has 3 unspecified atom stereocenters. The summed E-state index contributed by atoms with van der Waals surface area (Å²) >= 11 is 0. The number of ether oxygens (including phenoxy) is 1. The third-order valence-electron chi connectivity index (χ3n) is 4.70. The molecular formula is C18H27NO3. The first-order valence-electron chi connectivity index (χ1n) is 8.13. The summed E-state index contributed by atoms with van der Waals surface area (Å²) in [7, 11) is 1.39. The number of aliphatic hydroxyl groups is 1. The molecule has 22 heavy (non-hydrogen) atoms. The number of hydrogen-bond donors (Lipinski definition) is 2. The van der Waals surface area contributed by atoms with Gasteiger partial charge in [-0.15, -0.1) is 0 Å². The highest BCUT2D eigenvalue weighted by molar-refractivity contribution is 5.80. The van der Waals surface area contributed by atoms with Gasteiger partial charge in [0.1, 0.15) is 5.54 Å². The van der Waals surface area contributed by atoms with Crippen molar-refractivity contribution in [2.24, 2.45) is 11.7 Å². The van der Waals surface area contributed by atoms with Crippen LogP contribution in [0.3, 0.4) is 0 Å². The van der Waals surface area contributed by atoms with Crippen molar-refractivity contribution in [3.8, 4) is 0 Å². The van der Waals surface area contributed by atoms with Gasteiger partial charge in [-0.2, -0.15) is 0 Å². The molecule has 1 aliphatic rings. The summed E-state index contributed by atoms with van der Waals surface area (Å²) in [5.41, 5.74) is 6.63. The van der Waals surface area contributed by atoms with Crippen LogP contribution in [-0.4, -0.2) is 29.8 Å². The van der Waals surface area contributed by atoms with Gasteiger partial charge in [-0.25, -0.2) is 0 Å². The van der Waals surface area contributed by atoms with Crippen LogP contribution in [0.25, 0.3) is 0 Å². The van der Waals surface area contributed by atoms with Crippen molar-refractivity contribution in [1.82, 2.24) is 0 Å². The van der Waals surface area contributed by atoms with Crippen LogP contribution in [0.15, 0.2) is 30.3 Å². The molecule has 1 saturated carbocycles. The highest BCUT2D eigenvalue weighted by Gasteiger charge is 2.38. The molecule has 2 rings (SSSR count). The lowest BCUT2D eigenvalue weighted by Gasteiger charge is -2.34. The zero-order valence-corrected chi connectivity index (χ0v) is 13.3. The van der Waals surface area contributed by atoms with Crippen molar-refractivity contribution in [2.75, 3.05) is 7.11 Å². The summed E-state index contributed by atoms with van der Waals surface area (Å²) in [5, 5.41) is 9.82. The van der Waals surface area contributed by atoms with Gasteiger partial charge >= 0.3 is 5.97 Å². The molecule has 3 N–H and O–H groups in total. The first-order valence-corrected chi connectivity index (χ1v) is 8.13. The molecule has 1 aromatic carbocycles. The van der Waals surface area contributed by atoms with Crippen molar-refractivity contribution in [3.63, 3.8) is 0 Å². The maximum absolute atomic E-state index is 12.2. The Hall–Kier alpha value is -1.39. The van der Waals surface area contributed by atoms with Gasteiger partial charge in [-0.05, 0) is 43.6 Å². The Labute approximate surface area is 132 Å². The number of nitrogens with two attached hydrogens (primary N) is 1. The number of methoxy groups -OCH3 is 1. The Kier molecular flexibility index (Phi) is 5.98. The van der Waals surface area contributed by atoms with Crippen molar-refractivity contribution >= 4 is 5.97 Å². The number of esters is 1. The van der Waals surface area contributed by atoms with E-state index in [4.69, 9.17) is 10.5 Å². The molecular weight excluding hydrogens is 278 g/mol. The summed E-state index contributed by atoms with van der Waals surface area (Å²) in [6.07, 6.45) is 5.27. The Morgan fingerprint density at radius 2 is 2.09 bits per heavy atom. The minimum absolute atomic E-state index is 0.255. The number of benzene rings is 1. The Morgan fingerprint density at radius 3 is 2.73 bits per heavy atom. The zero-order chi connectivity index (χ0) is 16.0. The number of aliphatic hydroxyl groups excluding tert-OH is 1. The lowest BCUT2D eigenvalue weighted by atomic mass is 9.76. The summed E-state index contributed by atoms with van der Waals surface area (Å²) in [6, 6.07) is 10.0. The van der Waals surface area contributed by atoms with E-state index in [1.54, 1.807) is 0 Å². The third-order valence-corrected chi connectivity index (χ3v) is 4.70. The fourth-order valence-corrected chi connectivity index (χ4v) is 3.47. The topological polar surface area (TPSA) is 72.5 Å². The van der Waals surface area contributed by atoms with E-state index in [1.807, 2.05) is 30.3 Å². The second-order valence-corrected chi connectivity index (χ2v) is 6.52. The number of carbonyl (C=O) groups is 1. The Morgan fingerprint density at radius 1 is 1.36 bits per heavy atom. The van der Waals surface area contributed by atoms with Gasteiger partial charge in [0, 0.05) is 0 Å². The highest BCUT2D eigenvalue weighted by atomic mass is 16.5. The van der Waals surface area contributed by atoms with Crippen LogP contribution in [0.1, 0.15) is 44.1 Å². The maximum atomic E-state index is 12.2. The molecule has 0 aliphatic heterocycles. The molecule has 122 valence electrons. The first-order chi connectivity index (χ1) is 10.5. The molecule has 1 aliphatic carbocycles. The molecule has 3 atom stereocenters. The van der Waals surface area contributed by atoms with Gasteiger partial charge < -0.3 is 15.6 Å². The van der Waals surface area contributed by atoms with E-state index in [9.17, 15) is 9.90 Å². The van der Waals surface area contributed by atoms with E-state index in [0.29, 0.717) is 18.8 Å². The molecule has 1 fully saturated rings. The fourth-order valence-electron chi connectivity index (χ4n) is 3.47. The second-order valence-electron chi connectivity index (χ2n) is 6.52. The smallest absolute Gasteiger partial charge is 0.325 e. The predicted molar refractivity (Wildman–Crippen MR) is 86.3 cm³/mol. The average Bonchev–Trinajstić information content (AvgIpc) is 2.53. The summed E-state index contributed by atoms with van der Waals surface area (Å²) in [5.74, 6) is -0.0490. The molecule has 0 heterocycles. The van der Waals surface area contributed by atoms with E-state index in [0.717, 1.165) is 32.1 Å². The van der Waals surface area contributed by atoms with Crippen molar-refractivity contribution in [2.45, 2.75) is 56.6 Å². The summed E-state index contributed by atoms with van der Waals surface area (Å²) in [6.45, 7) is 0. The lowest BCUT2D eigenvalue weighted by Crippen LogP contribution is -2.51. The van der Waals surface area contributed by atoms with Gasteiger partial charge in [0.15, 0.2) is 0 Å². The maximum Gasteiger partial charge on any atom is 0.325 e. The van der Waals surface area contributed by atoms with Gasteiger partial charge in [-0.1, -0.05) is 43.2 Å². The number of aryl methyl sites for hydroxylation is 1. The number of rotatable bonds is 6. The van der Waals surface area contributed by atoms with Crippen LogP contribution < -0.4 is 5.73 Å². The molecule has 0 saturated heterocycles. The molecule has 4 heteroatoms. The van der Waals surface area contributed by atoms with Crippen molar-refractivity contribution in [1.29, 1.82) is 0 Å². The Balaban J connectivity index is 2.01. The minimum atomic E-state index is -0.966. The lowest BCUT2D eigenvalue weighted by molar-refractivity contribution is -0.148. The largest absolute Gasteiger partial charge is 0.468 e. The summed E-state index contributed by atoms with van der Waals surface area (Å²) < 4.78 is 4.95. The van der Waals surface area contributed by atoms with E-state index in [2.05, 4.69) is 0 Å². The number of hydrogen-bond acceptors (Lipinski definition) is 4. The monoisotopic (exact) mass is 305 g/mol. The first kappa shape index (κ1) is 17.0. The van der Waals surface area contributed by atoms with Crippen molar-refractivity contribution < 1.29 is 14.6 Å². The van der Waals surface area contributed by atoms with Crippen LogP contribution in [0.4, 0.5) is 0 Å². The molecule has 0 radical (unpaired) electrons. The van der Waals surface area contributed by atoms with Crippen LogP contribution in [-0.2, 0) is 16.0 Å². The van der Waals surface area contributed by atoms with Crippen LogP contribution in [0.5, 0.6) is 0 Å². The molecule has 0 aromatic heterocycles. The van der Waals surface area contributed by atoms with Crippen molar-refractivity contribution in [3.05, 3.63) is 35.9 Å². The molecule has 0 amide bonds. The highest BCUT2D eigenvalue weighted by Crippen LogP contribution is 2.32. The third kappa shape index (κ3) is 4.55. The molecule has 0 spiro atoms. The molecule has 1 aromatic rings. The predicted octanol–water partition coefficient (Wildman–Crippen LogP) is 2.43.